The SMILES string of the molecule is O=c1c(O)c(-c2c(O)cccc2O)oc2ccccc12. The molecule has 0 unspecified atom stereocenters. The van der Waals surface area contributed by atoms with Gasteiger partial charge in [0.15, 0.2) is 5.76 Å². The van der Waals surface area contributed by atoms with Gasteiger partial charge in [-0.15, -0.1) is 0 Å². The van der Waals surface area contributed by atoms with Crippen LogP contribution in [0.2, 0.25) is 0 Å². The maximum atomic E-state index is 12.1. The fourth-order valence-electron chi connectivity index (χ4n) is 2.06. The van der Waals surface area contributed by atoms with Crippen LogP contribution in [0.5, 0.6) is 17.2 Å². The first-order valence-corrected chi connectivity index (χ1v) is 5.85. The van der Waals surface area contributed by atoms with Gasteiger partial charge in [-0.2, -0.15) is 0 Å². The van der Waals surface area contributed by atoms with Crippen molar-refractivity contribution in [2.45, 2.75) is 0 Å². The van der Waals surface area contributed by atoms with Crippen molar-refractivity contribution >= 4 is 11.0 Å². The second-order valence-electron chi connectivity index (χ2n) is 4.28. The predicted octanol–water partition coefficient (Wildman–Crippen LogP) is 2.58. The highest BCUT2D eigenvalue weighted by atomic mass is 16.4. The lowest BCUT2D eigenvalue weighted by Gasteiger charge is -2.08. The van der Waals surface area contributed by atoms with E-state index < -0.39 is 11.2 Å². The van der Waals surface area contributed by atoms with Crippen LogP contribution in [0.1, 0.15) is 0 Å². The zero-order valence-corrected chi connectivity index (χ0v) is 10.2. The summed E-state index contributed by atoms with van der Waals surface area (Å²) in [5.41, 5.74) is -0.481. The van der Waals surface area contributed by atoms with Crippen molar-refractivity contribution in [2.24, 2.45) is 0 Å². The Bertz CT molecular complexity index is 844. The molecule has 100 valence electrons. The number of hydrogen-bond acceptors (Lipinski definition) is 5. The summed E-state index contributed by atoms with van der Waals surface area (Å²) in [6.07, 6.45) is 0. The molecule has 2 aromatic carbocycles. The number of phenols is 2. The first-order chi connectivity index (χ1) is 9.59. The number of benzene rings is 2. The van der Waals surface area contributed by atoms with Gasteiger partial charge >= 0.3 is 0 Å². The van der Waals surface area contributed by atoms with E-state index in [1.165, 1.54) is 24.3 Å². The Morgan fingerprint density at radius 2 is 1.50 bits per heavy atom. The summed E-state index contributed by atoms with van der Waals surface area (Å²) < 4.78 is 5.45. The van der Waals surface area contributed by atoms with E-state index >= 15 is 0 Å². The van der Waals surface area contributed by atoms with Crippen molar-refractivity contribution in [3.05, 3.63) is 52.7 Å². The molecule has 0 atom stereocenters. The highest BCUT2D eigenvalue weighted by Gasteiger charge is 2.20. The molecule has 0 spiro atoms. The number of fused-ring (bicyclic) bond motifs is 1. The van der Waals surface area contributed by atoms with E-state index in [1.54, 1.807) is 18.2 Å². The smallest absolute Gasteiger partial charge is 0.235 e. The van der Waals surface area contributed by atoms with E-state index in [4.69, 9.17) is 4.42 Å². The van der Waals surface area contributed by atoms with Gasteiger partial charge < -0.3 is 19.7 Å². The van der Waals surface area contributed by atoms with Gasteiger partial charge in [0.05, 0.1) is 5.39 Å². The summed E-state index contributed by atoms with van der Waals surface area (Å²) in [7, 11) is 0. The molecular weight excluding hydrogens is 260 g/mol. The van der Waals surface area contributed by atoms with Crippen molar-refractivity contribution < 1.29 is 19.7 Å². The second-order valence-corrected chi connectivity index (χ2v) is 4.28. The summed E-state index contributed by atoms with van der Waals surface area (Å²) in [4.78, 5) is 12.1. The van der Waals surface area contributed by atoms with Crippen molar-refractivity contribution in [3.8, 4) is 28.6 Å². The molecule has 0 saturated heterocycles. The first-order valence-electron chi connectivity index (χ1n) is 5.85. The zero-order chi connectivity index (χ0) is 14.3. The average molecular weight is 270 g/mol. The van der Waals surface area contributed by atoms with E-state index in [1.807, 2.05) is 0 Å². The normalized spacial score (nSPS) is 10.8. The molecule has 5 heteroatoms. The van der Waals surface area contributed by atoms with Gasteiger partial charge in [0.25, 0.3) is 0 Å². The fraction of sp³-hybridized carbons (Fsp3) is 0. The third-order valence-corrected chi connectivity index (χ3v) is 3.02. The summed E-state index contributed by atoms with van der Waals surface area (Å²) in [6.45, 7) is 0. The lowest BCUT2D eigenvalue weighted by atomic mass is 10.1. The minimum atomic E-state index is -0.652. The van der Waals surface area contributed by atoms with Gasteiger partial charge in [0.2, 0.25) is 11.2 Å². The molecule has 0 bridgehead atoms. The molecule has 0 saturated carbocycles. The number of para-hydroxylation sites is 1. The van der Waals surface area contributed by atoms with Crippen molar-refractivity contribution in [1.82, 2.24) is 0 Å². The molecule has 3 rings (SSSR count). The summed E-state index contributed by atoms with van der Waals surface area (Å²) in [6, 6.07) is 10.5. The summed E-state index contributed by atoms with van der Waals surface area (Å²) in [5.74, 6) is -1.50. The van der Waals surface area contributed by atoms with Crippen molar-refractivity contribution in [1.29, 1.82) is 0 Å². The highest BCUT2D eigenvalue weighted by Crippen LogP contribution is 2.41. The second kappa shape index (κ2) is 4.31. The van der Waals surface area contributed by atoms with Crippen molar-refractivity contribution in [2.75, 3.05) is 0 Å². The molecule has 0 aliphatic rings. The number of phenolic OH excluding ortho intramolecular Hbond substituents is 2. The molecule has 0 amide bonds. The van der Waals surface area contributed by atoms with E-state index in [0.717, 1.165) is 0 Å². The minimum Gasteiger partial charge on any atom is -0.507 e. The van der Waals surface area contributed by atoms with Crippen LogP contribution in [0, 0.1) is 0 Å². The lowest BCUT2D eigenvalue weighted by molar-refractivity contribution is 0.432. The van der Waals surface area contributed by atoms with Crippen LogP contribution in [0.3, 0.4) is 0 Å². The van der Waals surface area contributed by atoms with Crippen LogP contribution < -0.4 is 5.43 Å². The van der Waals surface area contributed by atoms with Crippen molar-refractivity contribution in [3.63, 3.8) is 0 Å². The fourth-order valence-corrected chi connectivity index (χ4v) is 2.06. The maximum absolute atomic E-state index is 12.1. The number of rotatable bonds is 1. The molecule has 0 aliphatic carbocycles. The predicted molar refractivity (Wildman–Crippen MR) is 72.9 cm³/mol. The van der Waals surface area contributed by atoms with Crippen LogP contribution >= 0.6 is 0 Å². The Balaban J connectivity index is 2.44. The molecule has 1 heterocycles. The summed E-state index contributed by atoms with van der Waals surface area (Å²) in [5, 5.41) is 29.8. The van der Waals surface area contributed by atoms with Gasteiger partial charge in [-0.05, 0) is 24.3 Å². The standard InChI is InChI=1S/C15H10O5/c16-9-5-3-6-10(17)12(9)15-14(19)13(18)8-4-1-2-7-11(8)20-15/h1-7,16-17,19H. The molecule has 3 N–H and O–H groups in total. The Hall–Kier alpha value is -2.95. The Labute approximate surface area is 113 Å². The topological polar surface area (TPSA) is 90.9 Å². The Morgan fingerprint density at radius 1 is 0.850 bits per heavy atom. The van der Waals surface area contributed by atoms with E-state index in [2.05, 4.69) is 0 Å². The molecule has 5 nitrogen and oxygen atoms in total. The van der Waals surface area contributed by atoms with Gasteiger partial charge in [-0.3, -0.25) is 4.79 Å². The Kier molecular flexibility index (Phi) is 2.61. The zero-order valence-electron chi connectivity index (χ0n) is 10.2. The lowest BCUT2D eigenvalue weighted by Crippen LogP contribution is -2.02. The van der Waals surface area contributed by atoms with Gasteiger partial charge in [-0.1, -0.05) is 18.2 Å². The van der Waals surface area contributed by atoms with Gasteiger partial charge in [0, 0.05) is 0 Å². The van der Waals surface area contributed by atoms with Crippen LogP contribution in [0.25, 0.3) is 22.3 Å². The van der Waals surface area contributed by atoms with E-state index in [9.17, 15) is 20.1 Å². The van der Waals surface area contributed by atoms with Gasteiger partial charge in [-0.25, -0.2) is 0 Å². The third kappa shape index (κ3) is 1.68. The molecule has 0 fully saturated rings. The maximum Gasteiger partial charge on any atom is 0.235 e. The molecule has 0 radical (unpaired) electrons. The van der Waals surface area contributed by atoms with Crippen LogP contribution in [0.15, 0.2) is 51.7 Å². The molecule has 3 aromatic rings. The largest absolute Gasteiger partial charge is 0.507 e. The molecule has 0 aliphatic heterocycles. The minimum absolute atomic E-state index is 0.118. The number of aromatic hydroxyl groups is 3. The first kappa shape index (κ1) is 12.1. The van der Waals surface area contributed by atoms with E-state index in [-0.39, 0.29) is 33.8 Å². The van der Waals surface area contributed by atoms with Crippen LogP contribution in [-0.4, -0.2) is 15.3 Å². The average Bonchev–Trinajstić information content (AvgIpc) is 2.44. The third-order valence-electron chi connectivity index (χ3n) is 3.02. The van der Waals surface area contributed by atoms with Gasteiger partial charge in [0.1, 0.15) is 22.6 Å². The summed E-state index contributed by atoms with van der Waals surface area (Å²) >= 11 is 0. The van der Waals surface area contributed by atoms with Crippen LogP contribution in [-0.2, 0) is 0 Å². The number of hydrogen-bond donors (Lipinski definition) is 3. The van der Waals surface area contributed by atoms with Crippen LogP contribution in [0.4, 0.5) is 0 Å². The monoisotopic (exact) mass is 270 g/mol. The van der Waals surface area contributed by atoms with E-state index in [0.29, 0.717) is 0 Å². The molecule has 1 aromatic heterocycles. The quantitative estimate of drug-likeness (QED) is 0.632. The molecular formula is C15H10O5. The highest BCUT2D eigenvalue weighted by molar-refractivity contribution is 5.84. The molecule has 20 heavy (non-hydrogen) atoms. The Morgan fingerprint density at radius 3 is 2.20 bits per heavy atom.